The number of aromatic nitrogens is 1. The summed E-state index contributed by atoms with van der Waals surface area (Å²) in [6.07, 6.45) is 1.55. The lowest BCUT2D eigenvalue weighted by atomic mass is 10.1. The number of fused-ring (bicyclic) bond motifs is 1. The zero-order valence-electron chi connectivity index (χ0n) is 15.3. The zero-order valence-corrected chi connectivity index (χ0v) is 16.9. The first-order valence-electron chi connectivity index (χ1n) is 8.60. The summed E-state index contributed by atoms with van der Waals surface area (Å²) in [6, 6.07) is 13.3. The highest BCUT2D eigenvalue weighted by Crippen LogP contribution is 2.36. The molecule has 0 atom stereocenters. The van der Waals surface area contributed by atoms with Crippen molar-refractivity contribution in [3.63, 3.8) is 0 Å². The number of hydrazone groups is 1. The molecular formula is C21H17N3O2S2. The Morgan fingerprint density at radius 1 is 1.21 bits per heavy atom. The average Bonchev–Trinajstić information content (AvgIpc) is 3.28. The molecule has 0 saturated carbocycles. The summed E-state index contributed by atoms with van der Waals surface area (Å²) in [5.41, 5.74) is 5.84. The fourth-order valence-electron chi connectivity index (χ4n) is 2.84. The van der Waals surface area contributed by atoms with Crippen LogP contribution in [0.4, 0.5) is 0 Å². The van der Waals surface area contributed by atoms with Gasteiger partial charge in [-0.25, -0.2) is 10.4 Å². The monoisotopic (exact) mass is 407 g/mol. The number of carbonyl (C=O) groups excluding carboxylic acids is 1. The van der Waals surface area contributed by atoms with Crippen molar-refractivity contribution in [1.82, 2.24) is 10.4 Å². The number of carbonyl (C=O) groups is 1. The Labute approximate surface area is 170 Å². The maximum Gasteiger partial charge on any atom is 0.283 e. The topological polar surface area (TPSA) is 74.6 Å². The van der Waals surface area contributed by atoms with E-state index in [-0.39, 0.29) is 11.7 Å². The number of hydrogen-bond donors (Lipinski definition) is 2. The number of aromatic hydroxyl groups is 1. The molecule has 0 aliphatic heterocycles. The van der Waals surface area contributed by atoms with Crippen LogP contribution in [0.3, 0.4) is 0 Å². The van der Waals surface area contributed by atoms with E-state index in [1.54, 1.807) is 35.8 Å². The number of aryl methyl sites for hydroxylation is 2. The van der Waals surface area contributed by atoms with E-state index in [0.29, 0.717) is 10.6 Å². The summed E-state index contributed by atoms with van der Waals surface area (Å²) in [6.45, 7) is 3.64. The normalized spacial score (nSPS) is 11.4. The Kier molecular flexibility index (Phi) is 4.93. The third-order valence-corrected chi connectivity index (χ3v) is 6.47. The molecule has 0 aliphatic carbocycles. The predicted molar refractivity (Wildman–Crippen MR) is 116 cm³/mol. The van der Waals surface area contributed by atoms with Crippen LogP contribution in [0, 0.1) is 13.8 Å². The molecule has 1 amide bonds. The molecule has 7 heteroatoms. The molecule has 2 aromatic heterocycles. The molecule has 0 unspecified atom stereocenters. The number of rotatable bonds is 4. The van der Waals surface area contributed by atoms with Crippen molar-refractivity contribution in [2.75, 3.05) is 0 Å². The van der Waals surface area contributed by atoms with Gasteiger partial charge in [-0.2, -0.15) is 5.10 Å². The minimum Gasteiger partial charge on any atom is -0.508 e. The Morgan fingerprint density at radius 2 is 2.04 bits per heavy atom. The highest BCUT2D eigenvalue weighted by molar-refractivity contribution is 7.20. The summed E-state index contributed by atoms with van der Waals surface area (Å²) in [4.78, 5) is 17.7. The fraction of sp³-hybridized carbons (Fsp3) is 0.0952. The summed E-state index contributed by atoms with van der Waals surface area (Å²) >= 11 is 3.04. The number of nitrogens with one attached hydrogen (secondary N) is 1. The van der Waals surface area contributed by atoms with Crippen molar-refractivity contribution in [3.8, 4) is 16.3 Å². The molecule has 4 rings (SSSR count). The van der Waals surface area contributed by atoms with Gasteiger partial charge in [-0.05, 0) is 49.2 Å². The third kappa shape index (κ3) is 3.54. The first kappa shape index (κ1) is 18.3. The first-order valence-corrected chi connectivity index (χ1v) is 10.3. The van der Waals surface area contributed by atoms with Crippen molar-refractivity contribution in [2.24, 2.45) is 5.10 Å². The lowest BCUT2D eigenvalue weighted by Gasteiger charge is -2.00. The van der Waals surface area contributed by atoms with Gasteiger partial charge in [0.05, 0.1) is 11.9 Å². The molecule has 0 aliphatic rings. The predicted octanol–water partition coefficient (Wildman–Crippen LogP) is 5.11. The standard InChI is InChI=1S/C21H17N3O2S2/c1-12-9-14(7-8-17(12)25)10-22-24-20(26)19-13(2)23-21(28-19)16-11-27-18-6-4-3-5-15(16)18/h3-11,25H,1-2H3,(H,24,26)/b22-10+. The summed E-state index contributed by atoms with van der Waals surface area (Å²) < 4.78 is 1.20. The molecule has 28 heavy (non-hydrogen) atoms. The molecule has 0 radical (unpaired) electrons. The van der Waals surface area contributed by atoms with E-state index < -0.39 is 0 Å². The Balaban J connectivity index is 1.54. The molecule has 0 saturated heterocycles. The average molecular weight is 408 g/mol. The minimum absolute atomic E-state index is 0.231. The van der Waals surface area contributed by atoms with E-state index in [9.17, 15) is 9.90 Å². The van der Waals surface area contributed by atoms with Gasteiger partial charge in [0.25, 0.3) is 5.91 Å². The quantitative estimate of drug-likeness (QED) is 0.365. The summed E-state index contributed by atoms with van der Waals surface area (Å²) in [7, 11) is 0. The number of hydrogen-bond acceptors (Lipinski definition) is 6. The minimum atomic E-state index is -0.285. The van der Waals surface area contributed by atoms with Gasteiger partial charge in [-0.3, -0.25) is 4.79 Å². The second-order valence-corrected chi connectivity index (χ2v) is 8.23. The molecule has 2 aromatic carbocycles. The number of phenolic OH excluding ortho intramolecular Hbond substituents is 1. The Hall–Kier alpha value is -3.03. The van der Waals surface area contributed by atoms with Crippen LogP contribution in [-0.2, 0) is 0 Å². The zero-order chi connectivity index (χ0) is 19.7. The number of thiazole rings is 1. The van der Waals surface area contributed by atoms with E-state index in [4.69, 9.17) is 0 Å². The molecule has 0 bridgehead atoms. The van der Waals surface area contributed by atoms with Crippen LogP contribution in [0.5, 0.6) is 5.75 Å². The smallest absolute Gasteiger partial charge is 0.283 e. The summed E-state index contributed by atoms with van der Waals surface area (Å²) in [5, 5.41) is 17.6. The van der Waals surface area contributed by atoms with E-state index in [1.807, 2.05) is 26.0 Å². The third-order valence-electron chi connectivity index (χ3n) is 4.31. The fourth-order valence-corrected chi connectivity index (χ4v) is 4.85. The number of benzene rings is 2. The van der Waals surface area contributed by atoms with Crippen molar-refractivity contribution < 1.29 is 9.90 Å². The van der Waals surface area contributed by atoms with Gasteiger partial charge in [-0.1, -0.05) is 18.2 Å². The lowest BCUT2D eigenvalue weighted by molar-refractivity contribution is 0.0958. The van der Waals surface area contributed by atoms with E-state index in [0.717, 1.165) is 27.1 Å². The molecule has 4 aromatic rings. The van der Waals surface area contributed by atoms with Gasteiger partial charge in [-0.15, -0.1) is 22.7 Å². The van der Waals surface area contributed by atoms with Crippen LogP contribution < -0.4 is 5.43 Å². The van der Waals surface area contributed by atoms with Gasteiger partial charge in [0.2, 0.25) is 0 Å². The highest BCUT2D eigenvalue weighted by atomic mass is 32.1. The number of amides is 1. The van der Waals surface area contributed by atoms with Crippen LogP contribution in [0.25, 0.3) is 20.7 Å². The number of thiophene rings is 1. The second kappa shape index (κ2) is 7.53. The molecule has 140 valence electrons. The van der Waals surface area contributed by atoms with Crippen LogP contribution in [0.15, 0.2) is 52.9 Å². The van der Waals surface area contributed by atoms with Crippen LogP contribution in [0.1, 0.15) is 26.5 Å². The molecule has 0 spiro atoms. The van der Waals surface area contributed by atoms with Crippen LogP contribution in [0.2, 0.25) is 0 Å². The van der Waals surface area contributed by atoms with Gasteiger partial charge in [0.15, 0.2) is 0 Å². The SMILES string of the molecule is Cc1cc(/C=N/NC(=O)c2sc(-c3csc4ccccc34)nc2C)ccc1O. The van der Waals surface area contributed by atoms with Crippen molar-refractivity contribution in [1.29, 1.82) is 0 Å². The lowest BCUT2D eigenvalue weighted by Crippen LogP contribution is -2.17. The Morgan fingerprint density at radius 3 is 2.86 bits per heavy atom. The molecule has 2 heterocycles. The van der Waals surface area contributed by atoms with Gasteiger partial charge < -0.3 is 5.11 Å². The molecule has 5 nitrogen and oxygen atoms in total. The van der Waals surface area contributed by atoms with Crippen LogP contribution >= 0.6 is 22.7 Å². The van der Waals surface area contributed by atoms with Crippen molar-refractivity contribution in [3.05, 3.63) is 69.5 Å². The van der Waals surface area contributed by atoms with E-state index in [1.165, 1.54) is 16.0 Å². The van der Waals surface area contributed by atoms with Crippen molar-refractivity contribution >= 4 is 44.9 Å². The summed E-state index contributed by atoms with van der Waals surface area (Å²) in [5.74, 6) is -0.0533. The number of phenols is 1. The first-order chi connectivity index (χ1) is 13.5. The molecule has 2 N–H and O–H groups in total. The van der Waals surface area contributed by atoms with Crippen LogP contribution in [-0.4, -0.2) is 22.2 Å². The second-order valence-electron chi connectivity index (χ2n) is 6.32. The highest BCUT2D eigenvalue weighted by Gasteiger charge is 2.17. The maximum atomic E-state index is 12.5. The van der Waals surface area contributed by atoms with E-state index >= 15 is 0 Å². The molecular weight excluding hydrogens is 390 g/mol. The van der Waals surface area contributed by atoms with E-state index in [2.05, 4.69) is 33.0 Å². The largest absolute Gasteiger partial charge is 0.508 e. The maximum absolute atomic E-state index is 12.5. The Bertz CT molecular complexity index is 1210. The van der Waals surface area contributed by atoms with Gasteiger partial charge in [0, 0.05) is 21.0 Å². The molecule has 0 fully saturated rings. The van der Waals surface area contributed by atoms with Gasteiger partial charge >= 0.3 is 0 Å². The van der Waals surface area contributed by atoms with Gasteiger partial charge in [0.1, 0.15) is 15.6 Å². The van der Waals surface area contributed by atoms with Crippen molar-refractivity contribution in [2.45, 2.75) is 13.8 Å². The number of nitrogens with zero attached hydrogens (tertiary/aromatic N) is 2.